The van der Waals surface area contributed by atoms with E-state index in [1.807, 2.05) is 15.8 Å². The van der Waals surface area contributed by atoms with Gasteiger partial charge in [0.1, 0.15) is 5.82 Å². The number of aromatic nitrogens is 3. The topological polar surface area (TPSA) is 63.4 Å². The van der Waals surface area contributed by atoms with E-state index in [0.29, 0.717) is 18.9 Å². The smallest absolute Gasteiger partial charge is 0.224 e. The number of aryl methyl sites for hydroxylation is 3. The molecule has 198 valence electrons. The molecule has 0 N–H and O–H groups in total. The van der Waals surface area contributed by atoms with Crippen molar-refractivity contribution in [3.8, 4) is 11.4 Å². The lowest BCUT2D eigenvalue weighted by Gasteiger charge is -2.33. The van der Waals surface area contributed by atoms with Crippen molar-refractivity contribution >= 4 is 11.6 Å². The van der Waals surface area contributed by atoms with E-state index in [2.05, 4.69) is 74.0 Å². The van der Waals surface area contributed by atoms with E-state index in [0.717, 1.165) is 74.5 Å². The summed E-state index contributed by atoms with van der Waals surface area (Å²) in [7, 11) is 0. The van der Waals surface area contributed by atoms with Crippen LogP contribution in [0.5, 0.6) is 0 Å². The Morgan fingerprint density at radius 1 is 1.11 bits per heavy atom. The van der Waals surface area contributed by atoms with Crippen LogP contribution in [-0.4, -0.2) is 44.4 Å². The zero-order valence-electron chi connectivity index (χ0n) is 22.8. The summed E-state index contributed by atoms with van der Waals surface area (Å²) < 4.78 is 1.96. The summed E-state index contributed by atoms with van der Waals surface area (Å²) in [5.74, 6) is 2.44. The number of likely N-dealkylation sites (tertiary alicyclic amines) is 1. The van der Waals surface area contributed by atoms with Crippen molar-refractivity contribution in [1.29, 1.82) is 0 Å². The minimum atomic E-state index is 0.173. The number of allylic oxidation sites excluding steroid dienone is 6. The monoisotopic (exact) mass is 509 g/mol. The van der Waals surface area contributed by atoms with E-state index in [4.69, 9.17) is 10.1 Å². The van der Waals surface area contributed by atoms with Gasteiger partial charge in [0.05, 0.1) is 6.54 Å². The minimum Gasteiger partial charge on any atom is -0.343 e. The van der Waals surface area contributed by atoms with Gasteiger partial charge in [0, 0.05) is 42.9 Å². The van der Waals surface area contributed by atoms with E-state index >= 15 is 0 Å². The summed E-state index contributed by atoms with van der Waals surface area (Å²) in [4.78, 5) is 24.8. The van der Waals surface area contributed by atoms with Gasteiger partial charge in [-0.1, -0.05) is 49.1 Å². The molecule has 1 saturated heterocycles. The Balaban J connectivity index is 1.23. The lowest BCUT2D eigenvalue weighted by molar-refractivity contribution is -0.132. The molecule has 1 amide bonds. The molecule has 2 aromatic rings. The molecule has 0 spiro atoms. The standard InChI is InChI=1S/C32H39N5O/c1-23-13-14-28(22-24(23)2)31-34-32(27-10-6-4-7-11-27)37(35-31)21-17-30(38)36-19-15-26(16-20-36)25(3)29-12-8-5-9-18-33-29/h4,6-7,9-10,13-14,18,22,26-27H,3,5,8,11-12,15-17,19-21H2,1-2H3. The number of nitrogens with zero attached hydrogens (tertiary/aromatic N) is 5. The first-order valence-corrected chi connectivity index (χ1v) is 14.0. The van der Waals surface area contributed by atoms with Crippen molar-refractivity contribution in [2.75, 3.05) is 13.1 Å². The molecular weight excluding hydrogens is 470 g/mol. The molecule has 5 rings (SSSR count). The first-order valence-electron chi connectivity index (χ1n) is 14.0. The maximum Gasteiger partial charge on any atom is 0.224 e. The van der Waals surface area contributed by atoms with Gasteiger partial charge >= 0.3 is 0 Å². The number of piperidine rings is 1. The highest BCUT2D eigenvalue weighted by atomic mass is 16.2. The molecule has 38 heavy (non-hydrogen) atoms. The van der Waals surface area contributed by atoms with Crippen molar-refractivity contribution < 1.29 is 4.79 Å². The molecule has 2 aliphatic heterocycles. The SMILES string of the molecule is C=C(C1=NC=CCCC1)C1CCN(C(=O)CCn2nc(-c3ccc(C)c(C)c3)nc2C2C=CC=CC2)CC1. The summed E-state index contributed by atoms with van der Waals surface area (Å²) in [5, 5.41) is 4.88. The molecule has 3 aliphatic rings. The molecule has 1 unspecified atom stereocenters. The Hall–Kier alpha value is -3.54. The van der Waals surface area contributed by atoms with Gasteiger partial charge in [-0.05, 0) is 81.1 Å². The zero-order valence-corrected chi connectivity index (χ0v) is 22.8. The highest BCUT2D eigenvalue weighted by Gasteiger charge is 2.27. The number of hydrogen-bond donors (Lipinski definition) is 0. The molecule has 3 heterocycles. The van der Waals surface area contributed by atoms with E-state index in [-0.39, 0.29) is 11.8 Å². The second kappa shape index (κ2) is 11.9. The van der Waals surface area contributed by atoms with Crippen LogP contribution in [0.25, 0.3) is 11.4 Å². The number of hydrogen-bond acceptors (Lipinski definition) is 4. The molecule has 0 radical (unpaired) electrons. The second-order valence-electron chi connectivity index (χ2n) is 10.8. The fraction of sp³-hybridized carbons (Fsp3) is 0.438. The number of aliphatic imine (C=N–C) groups is 1. The van der Waals surface area contributed by atoms with Crippen molar-refractivity contribution in [2.45, 2.75) is 71.3 Å². The van der Waals surface area contributed by atoms with Crippen molar-refractivity contribution in [3.63, 3.8) is 0 Å². The quantitative estimate of drug-likeness (QED) is 0.429. The molecule has 0 bridgehead atoms. The van der Waals surface area contributed by atoms with Crippen LogP contribution in [0.3, 0.4) is 0 Å². The zero-order chi connectivity index (χ0) is 26.5. The van der Waals surface area contributed by atoms with Gasteiger partial charge in [0.2, 0.25) is 5.91 Å². The molecule has 6 heteroatoms. The number of amides is 1. The fourth-order valence-corrected chi connectivity index (χ4v) is 5.55. The van der Waals surface area contributed by atoms with Gasteiger partial charge in [0.15, 0.2) is 5.82 Å². The van der Waals surface area contributed by atoms with Gasteiger partial charge < -0.3 is 4.90 Å². The van der Waals surface area contributed by atoms with E-state index < -0.39 is 0 Å². The summed E-state index contributed by atoms with van der Waals surface area (Å²) in [6.45, 7) is 10.7. The normalized spacial score (nSPS) is 19.9. The molecular formula is C32H39N5O. The Morgan fingerprint density at radius 3 is 2.71 bits per heavy atom. The number of carbonyl (C=O) groups excluding carboxylic acids is 1. The van der Waals surface area contributed by atoms with Crippen LogP contribution in [0.1, 0.15) is 67.8 Å². The van der Waals surface area contributed by atoms with Crippen LogP contribution in [0, 0.1) is 19.8 Å². The van der Waals surface area contributed by atoms with Crippen LogP contribution in [-0.2, 0) is 11.3 Å². The van der Waals surface area contributed by atoms with E-state index in [1.165, 1.54) is 16.7 Å². The summed E-state index contributed by atoms with van der Waals surface area (Å²) >= 11 is 0. The first-order chi connectivity index (χ1) is 18.5. The number of benzene rings is 1. The van der Waals surface area contributed by atoms with E-state index in [9.17, 15) is 4.79 Å². The predicted molar refractivity (Wildman–Crippen MR) is 154 cm³/mol. The third-order valence-corrected chi connectivity index (χ3v) is 8.15. The largest absolute Gasteiger partial charge is 0.343 e. The van der Waals surface area contributed by atoms with Gasteiger partial charge in [0.25, 0.3) is 0 Å². The molecule has 1 fully saturated rings. The highest BCUT2D eigenvalue weighted by molar-refractivity contribution is 6.00. The van der Waals surface area contributed by atoms with Crippen LogP contribution in [0.2, 0.25) is 0 Å². The molecule has 0 saturated carbocycles. The van der Waals surface area contributed by atoms with Crippen molar-refractivity contribution in [2.24, 2.45) is 10.9 Å². The van der Waals surface area contributed by atoms with E-state index in [1.54, 1.807) is 0 Å². The highest BCUT2D eigenvalue weighted by Crippen LogP contribution is 2.29. The lowest BCUT2D eigenvalue weighted by atomic mass is 9.86. The lowest BCUT2D eigenvalue weighted by Crippen LogP contribution is -2.39. The summed E-state index contributed by atoms with van der Waals surface area (Å²) in [6.07, 6.45) is 19.0. The minimum absolute atomic E-state index is 0.173. The van der Waals surface area contributed by atoms with Gasteiger partial charge in [-0.25, -0.2) is 9.67 Å². The Kier molecular flexibility index (Phi) is 8.16. The van der Waals surface area contributed by atoms with Crippen LogP contribution in [0.15, 0.2) is 71.9 Å². The predicted octanol–water partition coefficient (Wildman–Crippen LogP) is 6.49. The van der Waals surface area contributed by atoms with Gasteiger partial charge in [-0.3, -0.25) is 9.79 Å². The van der Waals surface area contributed by atoms with Crippen LogP contribution >= 0.6 is 0 Å². The van der Waals surface area contributed by atoms with Gasteiger partial charge in [-0.2, -0.15) is 5.10 Å². The Morgan fingerprint density at radius 2 is 1.95 bits per heavy atom. The summed E-state index contributed by atoms with van der Waals surface area (Å²) in [6, 6.07) is 6.35. The average molecular weight is 510 g/mol. The molecule has 1 aromatic heterocycles. The third-order valence-electron chi connectivity index (χ3n) is 8.15. The Bertz CT molecular complexity index is 1300. The molecule has 6 nitrogen and oxygen atoms in total. The van der Waals surface area contributed by atoms with Crippen LogP contribution < -0.4 is 0 Å². The second-order valence-corrected chi connectivity index (χ2v) is 10.8. The third kappa shape index (κ3) is 5.95. The van der Waals surface area contributed by atoms with Gasteiger partial charge in [-0.15, -0.1) is 0 Å². The maximum absolute atomic E-state index is 13.2. The maximum atomic E-state index is 13.2. The number of carbonyl (C=O) groups is 1. The Labute approximate surface area is 226 Å². The molecule has 1 aliphatic carbocycles. The number of rotatable bonds is 7. The first kappa shape index (κ1) is 26.1. The van der Waals surface area contributed by atoms with Crippen LogP contribution in [0.4, 0.5) is 0 Å². The average Bonchev–Trinajstić information content (AvgIpc) is 3.19. The van der Waals surface area contributed by atoms with Crippen molar-refractivity contribution in [1.82, 2.24) is 19.7 Å². The fourth-order valence-electron chi connectivity index (χ4n) is 5.55. The molecule has 1 atom stereocenters. The summed E-state index contributed by atoms with van der Waals surface area (Å²) in [5.41, 5.74) is 5.82. The molecule has 1 aromatic carbocycles. The van der Waals surface area contributed by atoms with Crippen molar-refractivity contribution in [3.05, 3.63) is 83.9 Å².